The van der Waals surface area contributed by atoms with Gasteiger partial charge in [-0.25, -0.2) is 0 Å². The van der Waals surface area contributed by atoms with E-state index >= 15 is 0 Å². The number of aromatic hydroxyl groups is 1. The Hall–Kier alpha value is -2.21. The monoisotopic (exact) mass is 320 g/mol. The van der Waals surface area contributed by atoms with Gasteiger partial charge in [0, 0.05) is 24.0 Å². The number of phenolic OH excluding ortho intramolecular Hbond substituents is 1. The Kier molecular flexibility index (Phi) is 3.93. The van der Waals surface area contributed by atoms with Crippen LogP contribution in [0.5, 0.6) is 17.2 Å². The normalized spacial score (nSPS) is 26.8. The van der Waals surface area contributed by atoms with Crippen molar-refractivity contribution in [2.45, 2.75) is 30.8 Å². The molecule has 0 amide bonds. The molecule has 0 aromatic heterocycles. The molecule has 124 valence electrons. The van der Waals surface area contributed by atoms with Gasteiger partial charge >= 0.3 is 0 Å². The van der Waals surface area contributed by atoms with E-state index in [1.807, 2.05) is 0 Å². The topological polar surface area (TPSA) is 85.2 Å². The van der Waals surface area contributed by atoms with Crippen molar-refractivity contribution in [2.24, 2.45) is 0 Å². The summed E-state index contributed by atoms with van der Waals surface area (Å²) in [4.78, 5) is 11.5. The summed E-state index contributed by atoms with van der Waals surface area (Å²) in [6.45, 7) is 0.282. The van der Waals surface area contributed by atoms with Crippen molar-refractivity contribution in [3.05, 3.63) is 29.5 Å². The molecule has 1 aliphatic carbocycles. The van der Waals surface area contributed by atoms with Crippen LogP contribution >= 0.6 is 0 Å². The van der Waals surface area contributed by atoms with E-state index < -0.39 is 5.60 Å². The summed E-state index contributed by atoms with van der Waals surface area (Å²) >= 11 is 0. The molecule has 1 aromatic rings. The van der Waals surface area contributed by atoms with Crippen LogP contribution in [0.3, 0.4) is 0 Å². The molecule has 1 aliphatic heterocycles. The van der Waals surface area contributed by atoms with Gasteiger partial charge in [-0.15, -0.1) is 0 Å². The Labute approximate surface area is 134 Å². The maximum absolute atomic E-state index is 11.5. The Morgan fingerprint density at radius 3 is 2.78 bits per heavy atom. The number of rotatable bonds is 3. The van der Waals surface area contributed by atoms with Crippen molar-refractivity contribution in [3.8, 4) is 17.2 Å². The smallest absolute Gasteiger partial charge is 0.203 e. The highest BCUT2D eigenvalue weighted by atomic mass is 16.5. The molecule has 1 heterocycles. The number of carbonyl (C=O) groups excluding carboxylic acids is 1. The van der Waals surface area contributed by atoms with Gasteiger partial charge in [0.1, 0.15) is 11.4 Å². The van der Waals surface area contributed by atoms with E-state index in [2.05, 4.69) is 0 Å². The summed E-state index contributed by atoms with van der Waals surface area (Å²) in [5.41, 5.74) is -0.525. The fraction of sp³-hybridized carbons (Fsp3) is 0.471. The number of methoxy groups -OCH3 is 2. The number of hydrogen-bond donors (Lipinski definition) is 2. The fourth-order valence-electron chi connectivity index (χ4n) is 3.30. The van der Waals surface area contributed by atoms with Crippen molar-refractivity contribution in [2.75, 3.05) is 20.8 Å². The lowest BCUT2D eigenvalue weighted by molar-refractivity contribution is -0.120. The SMILES string of the molecule is COc1ccc([C@@H]2COC3=CC(=O)CC[C@]3(O)C2)c(O)c1OC. The minimum absolute atomic E-state index is 0.0108. The second-order valence-electron chi connectivity index (χ2n) is 5.96. The molecule has 0 unspecified atom stereocenters. The number of ketones is 1. The van der Waals surface area contributed by atoms with Crippen LogP contribution in [-0.4, -0.2) is 42.4 Å². The Morgan fingerprint density at radius 2 is 2.09 bits per heavy atom. The second kappa shape index (κ2) is 5.77. The molecule has 0 saturated carbocycles. The molecule has 3 rings (SSSR count). The molecule has 23 heavy (non-hydrogen) atoms. The summed E-state index contributed by atoms with van der Waals surface area (Å²) in [6.07, 6.45) is 2.40. The first-order valence-electron chi connectivity index (χ1n) is 7.52. The second-order valence-corrected chi connectivity index (χ2v) is 5.96. The highest BCUT2D eigenvalue weighted by Gasteiger charge is 2.44. The highest BCUT2D eigenvalue weighted by molar-refractivity contribution is 5.91. The third-order valence-corrected chi connectivity index (χ3v) is 4.55. The first-order valence-corrected chi connectivity index (χ1v) is 7.52. The van der Waals surface area contributed by atoms with Crippen molar-refractivity contribution in [1.82, 2.24) is 0 Å². The molecule has 0 bridgehead atoms. The van der Waals surface area contributed by atoms with Crippen LogP contribution in [0, 0.1) is 0 Å². The summed E-state index contributed by atoms with van der Waals surface area (Å²) in [7, 11) is 2.96. The van der Waals surface area contributed by atoms with Gasteiger partial charge in [-0.05, 0) is 18.9 Å². The minimum atomic E-state index is -1.16. The number of hydrogen-bond acceptors (Lipinski definition) is 6. The molecule has 1 saturated heterocycles. The largest absolute Gasteiger partial charge is 0.504 e. The lowest BCUT2D eigenvalue weighted by Crippen LogP contribution is -2.42. The first kappa shape index (κ1) is 15.7. The Bertz CT molecular complexity index is 665. The number of aliphatic hydroxyl groups is 1. The van der Waals surface area contributed by atoms with Gasteiger partial charge in [0.2, 0.25) is 5.75 Å². The number of benzene rings is 1. The number of phenols is 1. The van der Waals surface area contributed by atoms with Crippen molar-refractivity contribution >= 4 is 5.78 Å². The van der Waals surface area contributed by atoms with Gasteiger partial charge in [-0.1, -0.05) is 6.07 Å². The van der Waals surface area contributed by atoms with Gasteiger partial charge in [0.15, 0.2) is 17.3 Å². The van der Waals surface area contributed by atoms with Crippen LogP contribution in [0.2, 0.25) is 0 Å². The number of ether oxygens (including phenoxy) is 3. The van der Waals surface area contributed by atoms with Crippen LogP contribution in [0.1, 0.15) is 30.7 Å². The predicted octanol–water partition coefficient (Wildman–Crippen LogP) is 1.89. The zero-order valence-corrected chi connectivity index (χ0v) is 13.2. The average Bonchev–Trinajstić information content (AvgIpc) is 2.54. The van der Waals surface area contributed by atoms with Gasteiger partial charge < -0.3 is 24.4 Å². The molecular formula is C17H20O6. The van der Waals surface area contributed by atoms with E-state index in [1.165, 1.54) is 20.3 Å². The first-order chi connectivity index (χ1) is 11.0. The third kappa shape index (κ3) is 2.63. The lowest BCUT2D eigenvalue weighted by Gasteiger charge is -2.40. The van der Waals surface area contributed by atoms with Crippen LogP contribution in [0.15, 0.2) is 24.0 Å². The van der Waals surface area contributed by atoms with Crippen LogP contribution < -0.4 is 9.47 Å². The molecular weight excluding hydrogens is 300 g/mol. The van der Waals surface area contributed by atoms with E-state index in [1.54, 1.807) is 12.1 Å². The Balaban J connectivity index is 1.93. The summed E-state index contributed by atoms with van der Waals surface area (Å²) in [6, 6.07) is 3.46. The summed E-state index contributed by atoms with van der Waals surface area (Å²) in [5.74, 6) is 0.792. The molecule has 6 heteroatoms. The van der Waals surface area contributed by atoms with Crippen molar-refractivity contribution in [3.63, 3.8) is 0 Å². The van der Waals surface area contributed by atoms with Gasteiger partial charge in [0.05, 0.1) is 20.8 Å². The minimum Gasteiger partial charge on any atom is -0.504 e. The molecule has 2 aliphatic rings. The molecule has 2 atom stereocenters. The zero-order chi connectivity index (χ0) is 16.6. The maximum atomic E-state index is 11.5. The molecule has 0 radical (unpaired) electrons. The molecule has 2 N–H and O–H groups in total. The van der Waals surface area contributed by atoms with Crippen LogP contribution in [-0.2, 0) is 9.53 Å². The summed E-state index contributed by atoms with van der Waals surface area (Å²) in [5, 5.41) is 21.2. The van der Waals surface area contributed by atoms with E-state index in [-0.39, 0.29) is 29.8 Å². The number of carbonyl (C=O) groups is 1. The van der Waals surface area contributed by atoms with E-state index in [9.17, 15) is 15.0 Å². The van der Waals surface area contributed by atoms with Crippen LogP contribution in [0.25, 0.3) is 0 Å². The number of allylic oxidation sites excluding steroid dienone is 1. The predicted molar refractivity (Wildman–Crippen MR) is 81.8 cm³/mol. The number of fused-ring (bicyclic) bond motifs is 1. The zero-order valence-electron chi connectivity index (χ0n) is 13.2. The van der Waals surface area contributed by atoms with Crippen molar-refractivity contribution < 1.29 is 29.2 Å². The third-order valence-electron chi connectivity index (χ3n) is 4.55. The quantitative estimate of drug-likeness (QED) is 0.884. The van der Waals surface area contributed by atoms with Gasteiger partial charge in [-0.2, -0.15) is 0 Å². The van der Waals surface area contributed by atoms with Gasteiger partial charge in [-0.3, -0.25) is 4.79 Å². The molecule has 1 aromatic carbocycles. The lowest BCUT2D eigenvalue weighted by atomic mass is 9.77. The van der Waals surface area contributed by atoms with E-state index in [4.69, 9.17) is 14.2 Å². The van der Waals surface area contributed by atoms with Gasteiger partial charge in [0.25, 0.3) is 0 Å². The highest BCUT2D eigenvalue weighted by Crippen LogP contribution is 2.47. The Morgan fingerprint density at radius 1 is 1.30 bits per heavy atom. The standard InChI is InChI=1S/C17H20O6/c1-21-13-4-3-12(15(19)16(13)22-2)10-8-17(20)6-5-11(18)7-14(17)23-9-10/h3-4,7,10,19-20H,5-6,8-9H2,1-2H3/t10-,17-/m0/s1. The van der Waals surface area contributed by atoms with Crippen LogP contribution in [0.4, 0.5) is 0 Å². The average molecular weight is 320 g/mol. The van der Waals surface area contributed by atoms with E-state index in [0.717, 1.165) is 0 Å². The molecule has 1 fully saturated rings. The van der Waals surface area contributed by atoms with E-state index in [0.29, 0.717) is 36.3 Å². The van der Waals surface area contributed by atoms with Crippen molar-refractivity contribution in [1.29, 1.82) is 0 Å². The maximum Gasteiger partial charge on any atom is 0.203 e. The molecule has 0 spiro atoms. The molecule has 6 nitrogen and oxygen atoms in total. The summed E-state index contributed by atoms with van der Waals surface area (Å²) < 4.78 is 16.0. The fourth-order valence-corrected chi connectivity index (χ4v) is 3.30.